The molecule has 1 aromatic rings. The van der Waals surface area contributed by atoms with Crippen LogP contribution in [0.4, 0.5) is 5.69 Å². The molecule has 1 aromatic carbocycles. The van der Waals surface area contributed by atoms with E-state index in [9.17, 15) is 4.79 Å². The summed E-state index contributed by atoms with van der Waals surface area (Å²) in [5.74, 6) is 1.17. The highest BCUT2D eigenvalue weighted by atomic mass is 16.5. The zero-order valence-electron chi connectivity index (χ0n) is 10.4. The van der Waals surface area contributed by atoms with Crippen molar-refractivity contribution in [1.29, 1.82) is 5.26 Å². The number of hydrogen-bond donors (Lipinski definition) is 2. The van der Waals surface area contributed by atoms with Gasteiger partial charge in [-0.3, -0.25) is 4.79 Å². The third kappa shape index (κ3) is 3.78. The van der Waals surface area contributed by atoms with Crippen LogP contribution in [0.2, 0.25) is 0 Å². The molecule has 0 aromatic heterocycles. The van der Waals surface area contributed by atoms with Gasteiger partial charge >= 0.3 is 0 Å². The largest absolute Gasteiger partial charge is 0.490 e. The fraction of sp³-hybridized carbons (Fsp3) is 0.385. The van der Waals surface area contributed by atoms with Crippen LogP contribution >= 0.6 is 0 Å². The van der Waals surface area contributed by atoms with Gasteiger partial charge in [0.2, 0.25) is 5.91 Å². The Morgan fingerprint density at radius 1 is 1.32 bits per heavy atom. The molecule has 100 valence electrons. The molecule has 19 heavy (non-hydrogen) atoms. The van der Waals surface area contributed by atoms with Crippen LogP contribution in [0, 0.1) is 11.3 Å². The van der Waals surface area contributed by atoms with E-state index < -0.39 is 0 Å². The van der Waals surface area contributed by atoms with E-state index in [1.54, 1.807) is 6.07 Å². The average Bonchev–Trinajstić information content (AvgIpc) is 2.67. The van der Waals surface area contributed by atoms with E-state index in [4.69, 9.17) is 14.7 Å². The van der Waals surface area contributed by atoms with Crippen LogP contribution in [-0.4, -0.2) is 32.2 Å². The molecule has 2 N–H and O–H groups in total. The first-order chi connectivity index (χ1) is 9.29. The van der Waals surface area contributed by atoms with Crippen molar-refractivity contribution in [3.8, 4) is 17.6 Å². The highest BCUT2D eigenvalue weighted by Crippen LogP contribution is 2.32. The molecular formula is C13H15N3O3. The lowest BCUT2D eigenvalue weighted by molar-refractivity contribution is -0.119. The van der Waals surface area contributed by atoms with E-state index >= 15 is 0 Å². The summed E-state index contributed by atoms with van der Waals surface area (Å²) in [5, 5.41) is 13.8. The third-order valence-corrected chi connectivity index (χ3v) is 2.57. The van der Waals surface area contributed by atoms with Crippen LogP contribution in [0.3, 0.4) is 0 Å². The summed E-state index contributed by atoms with van der Waals surface area (Å²) < 4.78 is 11.1. The van der Waals surface area contributed by atoms with Crippen LogP contribution in [0.15, 0.2) is 18.2 Å². The van der Waals surface area contributed by atoms with Gasteiger partial charge in [0.15, 0.2) is 11.5 Å². The minimum atomic E-state index is -0.228. The van der Waals surface area contributed by atoms with Crippen LogP contribution in [0.25, 0.3) is 0 Å². The number of anilines is 1. The Morgan fingerprint density at radius 3 is 2.89 bits per heavy atom. The fourth-order valence-corrected chi connectivity index (χ4v) is 1.66. The third-order valence-electron chi connectivity index (χ3n) is 2.57. The highest BCUT2D eigenvalue weighted by Gasteiger charge is 2.10. The molecule has 1 heterocycles. The zero-order chi connectivity index (χ0) is 13.5. The standard InChI is InChI=1S/C13H15N3O3/c14-4-5-15-13(17)9-16-10-2-3-11-12(8-10)19-7-1-6-18-11/h2-3,8,16H,1,5-7,9H2,(H,15,17). The molecule has 0 saturated carbocycles. The summed E-state index contributed by atoms with van der Waals surface area (Å²) in [4.78, 5) is 11.3. The number of nitriles is 1. The Bertz CT molecular complexity index is 496. The second-order valence-electron chi connectivity index (χ2n) is 4.00. The van der Waals surface area contributed by atoms with Crippen LogP contribution < -0.4 is 20.1 Å². The SMILES string of the molecule is N#CCNC(=O)CNc1ccc2c(c1)OCCCO2. The van der Waals surface area contributed by atoms with Crippen molar-refractivity contribution in [2.24, 2.45) is 0 Å². The van der Waals surface area contributed by atoms with Crippen molar-refractivity contribution >= 4 is 11.6 Å². The number of fused-ring (bicyclic) bond motifs is 1. The summed E-state index contributed by atoms with van der Waals surface area (Å²) in [7, 11) is 0. The number of carbonyl (C=O) groups excluding carboxylic acids is 1. The van der Waals surface area contributed by atoms with E-state index in [-0.39, 0.29) is 19.0 Å². The zero-order valence-corrected chi connectivity index (χ0v) is 10.4. The molecule has 6 heteroatoms. The Kier molecular flexibility index (Phi) is 4.45. The van der Waals surface area contributed by atoms with Gasteiger partial charge in [-0.1, -0.05) is 0 Å². The predicted molar refractivity (Wildman–Crippen MR) is 69.2 cm³/mol. The van der Waals surface area contributed by atoms with Crippen LogP contribution in [-0.2, 0) is 4.79 Å². The van der Waals surface area contributed by atoms with Gasteiger partial charge in [0, 0.05) is 18.2 Å². The van der Waals surface area contributed by atoms with Crippen molar-refractivity contribution in [2.75, 3.05) is 31.6 Å². The maximum atomic E-state index is 11.3. The van der Waals surface area contributed by atoms with Gasteiger partial charge in [-0.2, -0.15) is 5.26 Å². The van der Waals surface area contributed by atoms with Crippen LogP contribution in [0.5, 0.6) is 11.5 Å². The summed E-state index contributed by atoms with van der Waals surface area (Å²) in [5.41, 5.74) is 0.774. The highest BCUT2D eigenvalue weighted by molar-refractivity contribution is 5.81. The number of benzene rings is 1. The van der Waals surface area contributed by atoms with Gasteiger partial charge in [-0.05, 0) is 12.1 Å². The van der Waals surface area contributed by atoms with Gasteiger partial charge in [0.25, 0.3) is 0 Å². The average molecular weight is 261 g/mol. The van der Waals surface area contributed by atoms with Crippen molar-refractivity contribution < 1.29 is 14.3 Å². The maximum absolute atomic E-state index is 11.3. The fourth-order valence-electron chi connectivity index (χ4n) is 1.66. The molecular weight excluding hydrogens is 246 g/mol. The second kappa shape index (κ2) is 6.50. The molecule has 1 aliphatic heterocycles. The molecule has 6 nitrogen and oxygen atoms in total. The predicted octanol–water partition coefficient (Wildman–Crippen LogP) is 0.900. The van der Waals surface area contributed by atoms with Gasteiger partial charge in [-0.25, -0.2) is 0 Å². The van der Waals surface area contributed by atoms with E-state index in [2.05, 4.69) is 10.6 Å². The normalized spacial score (nSPS) is 13.0. The van der Waals surface area contributed by atoms with E-state index in [0.29, 0.717) is 19.0 Å². The molecule has 0 aliphatic carbocycles. The summed E-state index contributed by atoms with van der Waals surface area (Å²) >= 11 is 0. The number of carbonyl (C=O) groups is 1. The molecule has 1 amide bonds. The lowest BCUT2D eigenvalue weighted by atomic mass is 10.2. The molecule has 0 radical (unpaired) electrons. The first-order valence-electron chi connectivity index (χ1n) is 6.07. The first kappa shape index (κ1) is 13.0. The number of nitrogens with one attached hydrogen (secondary N) is 2. The second-order valence-corrected chi connectivity index (χ2v) is 4.00. The molecule has 1 aliphatic rings. The summed E-state index contributed by atoms with van der Waals surface area (Å²) in [6.07, 6.45) is 0.855. The molecule has 0 unspecified atom stereocenters. The number of nitrogens with zero attached hydrogens (tertiary/aromatic N) is 1. The number of rotatable bonds is 4. The van der Waals surface area contributed by atoms with Gasteiger partial charge < -0.3 is 20.1 Å². The van der Waals surface area contributed by atoms with E-state index in [1.807, 2.05) is 18.2 Å². The molecule has 0 atom stereocenters. The van der Waals surface area contributed by atoms with Crippen molar-refractivity contribution in [1.82, 2.24) is 5.32 Å². The quantitative estimate of drug-likeness (QED) is 0.787. The smallest absolute Gasteiger partial charge is 0.240 e. The van der Waals surface area contributed by atoms with Crippen molar-refractivity contribution in [3.05, 3.63) is 18.2 Å². The number of hydrogen-bond acceptors (Lipinski definition) is 5. The Labute approximate surface area is 111 Å². The van der Waals surface area contributed by atoms with E-state index in [0.717, 1.165) is 17.9 Å². The minimum absolute atomic E-state index is 0.0155. The summed E-state index contributed by atoms with van der Waals surface area (Å²) in [6, 6.07) is 7.29. The summed E-state index contributed by atoms with van der Waals surface area (Å²) in [6.45, 7) is 1.40. The van der Waals surface area contributed by atoms with Crippen molar-refractivity contribution in [2.45, 2.75) is 6.42 Å². The lowest BCUT2D eigenvalue weighted by Crippen LogP contribution is -2.29. The number of amides is 1. The molecule has 0 bridgehead atoms. The monoisotopic (exact) mass is 261 g/mol. The molecule has 0 saturated heterocycles. The Hall–Kier alpha value is -2.42. The van der Waals surface area contributed by atoms with Gasteiger partial charge in [0.1, 0.15) is 6.54 Å². The molecule has 0 spiro atoms. The number of ether oxygens (including phenoxy) is 2. The first-order valence-corrected chi connectivity index (χ1v) is 6.07. The topological polar surface area (TPSA) is 83.4 Å². The van der Waals surface area contributed by atoms with Gasteiger partial charge in [-0.15, -0.1) is 0 Å². The minimum Gasteiger partial charge on any atom is -0.490 e. The Balaban J connectivity index is 1.93. The van der Waals surface area contributed by atoms with Crippen molar-refractivity contribution in [3.63, 3.8) is 0 Å². The maximum Gasteiger partial charge on any atom is 0.240 e. The lowest BCUT2D eigenvalue weighted by Gasteiger charge is -2.10. The molecule has 2 rings (SSSR count). The Morgan fingerprint density at radius 2 is 2.11 bits per heavy atom. The molecule has 0 fully saturated rings. The van der Waals surface area contributed by atoms with Crippen LogP contribution in [0.1, 0.15) is 6.42 Å². The van der Waals surface area contributed by atoms with E-state index in [1.165, 1.54) is 0 Å². The van der Waals surface area contributed by atoms with Gasteiger partial charge in [0.05, 0.1) is 25.8 Å².